The van der Waals surface area contributed by atoms with Crippen LogP contribution in [0.3, 0.4) is 0 Å². The van der Waals surface area contributed by atoms with Gasteiger partial charge in [0.1, 0.15) is 30.4 Å². The number of hydrogen-bond acceptors (Lipinski definition) is 5. The van der Waals surface area contributed by atoms with Crippen LogP contribution in [-0.4, -0.2) is 17.2 Å². The Balaban J connectivity index is 1.81. The van der Waals surface area contributed by atoms with Crippen molar-refractivity contribution >= 4 is 0 Å². The van der Waals surface area contributed by atoms with Gasteiger partial charge in [-0.3, -0.25) is 0 Å². The number of hydrogen-bond donors (Lipinski definition) is 1. The topological polar surface area (TPSA) is 64.7 Å². The number of oxazole rings is 1. The van der Waals surface area contributed by atoms with Crippen molar-refractivity contribution in [3.8, 4) is 5.75 Å². The van der Waals surface area contributed by atoms with Crippen molar-refractivity contribution in [3.63, 3.8) is 0 Å². The maximum atomic E-state index is 9.74. The van der Waals surface area contributed by atoms with Crippen LogP contribution in [0.4, 0.5) is 0 Å². The number of aliphatic hydroxyl groups is 1. The first kappa shape index (κ1) is 15.3. The lowest BCUT2D eigenvalue weighted by molar-refractivity contribution is 0.0894. The first-order chi connectivity index (χ1) is 10.2. The highest BCUT2D eigenvalue weighted by Gasteiger charge is 2.11. The number of aromatic nitrogens is 1. The molecule has 21 heavy (non-hydrogen) atoms. The zero-order chi connectivity index (χ0) is 15.1. The minimum Gasteiger partial charge on any atom is -0.497 e. The van der Waals surface area contributed by atoms with E-state index in [1.54, 1.807) is 13.2 Å². The molecule has 1 atom stereocenters. The largest absolute Gasteiger partial charge is 0.497 e. The lowest BCUT2D eigenvalue weighted by Crippen LogP contribution is -1.98. The summed E-state index contributed by atoms with van der Waals surface area (Å²) in [5.41, 5.74) is 1.53. The molecule has 2 rings (SSSR count). The summed E-state index contributed by atoms with van der Waals surface area (Å²) in [5, 5.41) is 9.74. The van der Waals surface area contributed by atoms with Gasteiger partial charge in [0, 0.05) is 0 Å². The third-order valence-corrected chi connectivity index (χ3v) is 2.95. The first-order valence-electron chi connectivity index (χ1n) is 6.67. The Labute approximate surface area is 123 Å². The summed E-state index contributed by atoms with van der Waals surface area (Å²) in [6.45, 7) is 4.29. The van der Waals surface area contributed by atoms with Gasteiger partial charge in [0.25, 0.3) is 0 Å². The summed E-state index contributed by atoms with van der Waals surface area (Å²) < 4.78 is 15.9. The zero-order valence-corrected chi connectivity index (χ0v) is 12.0. The number of benzene rings is 1. The van der Waals surface area contributed by atoms with Gasteiger partial charge < -0.3 is 19.0 Å². The summed E-state index contributed by atoms with van der Waals surface area (Å²) in [6, 6.07) is 7.64. The SMILES string of the molecule is C=CC[C@H](O)c1coc(COCc2ccc(OC)cc2)n1. The molecule has 0 bridgehead atoms. The second-order valence-corrected chi connectivity index (χ2v) is 4.55. The molecule has 0 radical (unpaired) electrons. The maximum Gasteiger partial charge on any atom is 0.220 e. The molecule has 0 fully saturated rings. The number of nitrogens with zero attached hydrogens (tertiary/aromatic N) is 1. The molecule has 0 spiro atoms. The van der Waals surface area contributed by atoms with Crippen LogP contribution in [0.15, 0.2) is 47.6 Å². The zero-order valence-electron chi connectivity index (χ0n) is 12.0. The van der Waals surface area contributed by atoms with Gasteiger partial charge in [-0.25, -0.2) is 4.98 Å². The molecule has 0 aliphatic carbocycles. The summed E-state index contributed by atoms with van der Waals surface area (Å²) in [4.78, 5) is 4.18. The molecule has 0 aliphatic rings. The molecule has 0 saturated heterocycles. The van der Waals surface area contributed by atoms with Crippen molar-refractivity contribution in [1.82, 2.24) is 4.98 Å². The van der Waals surface area contributed by atoms with Crippen molar-refractivity contribution in [2.24, 2.45) is 0 Å². The molecule has 0 amide bonds. The fraction of sp³-hybridized carbons (Fsp3) is 0.312. The van der Waals surface area contributed by atoms with Crippen LogP contribution in [0.1, 0.15) is 29.7 Å². The Morgan fingerprint density at radius 2 is 2.10 bits per heavy atom. The highest BCUT2D eigenvalue weighted by molar-refractivity contribution is 5.26. The van der Waals surface area contributed by atoms with E-state index in [-0.39, 0.29) is 6.61 Å². The molecular formula is C16H19NO4. The molecule has 5 nitrogen and oxygen atoms in total. The molecule has 1 N–H and O–H groups in total. The van der Waals surface area contributed by atoms with Crippen LogP contribution in [0.2, 0.25) is 0 Å². The number of aliphatic hydroxyl groups excluding tert-OH is 1. The molecular weight excluding hydrogens is 270 g/mol. The van der Waals surface area contributed by atoms with Crippen LogP contribution in [0.5, 0.6) is 5.75 Å². The van der Waals surface area contributed by atoms with E-state index in [4.69, 9.17) is 13.9 Å². The quantitative estimate of drug-likeness (QED) is 0.757. The molecule has 0 saturated carbocycles. The highest BCUT2D eigenvalue weighted by Crippen LogP contribution is 2.17. The van der Waals surface area contributed by atoms with Crippen molar-refractivity contribution < 1.29 is 19.0 Å². The van der Waals surface area contributed by atoms with Gasteiger partial charge in [-0.05, 0) is 24.1 Å². The Kier molecular flexibility index (Phi) is 5.54. The van der Waals surface area contributed by atoms with E-state index >= 15 is 0 Å². The predicted molar refractivity (Wildman–Crippen MR) is 77.8 cm³/mol. The molecule has 1 aromatic carbocycles. The van der Waals surface area contributed by atoms with Gasteiger partial charge in [0.2, 0.25) is 5.89 Å². The lowest BCUT2D eigenvalue weighted by Gasteiger charge is -2.04. The molecule has 2 aromatic rings. The molecule has 112 valence electrons. The smallest absolute Gasteiger partial charge is 0.220 e. The second kappa shape index (κ2) is 7.61. The van der Waals surface area contributed by atoms with E-state index in [9.17, 15) is 5.11 Å². The van der Waals surface area contributed by atoms with Crippen molar-refractivity contribution in [2.45, 2.75) is 25.7 Å². The minimum absolute atomic E-state index is 0.257. The lowest BCUT2D eigenvalue weighted by atomic mass is 10.2. The van der Waals surface area contributed by atoms with Gasteiger partial charge in [-0.15, -0.1) is 6.58 Å². The third kappa shape index (κ3) is 4.44. The molecule has 1 heterocycles. The maximum absolute atomic E-state index is 9.74. The van der Waals surface area contributed by atoms with Gasteiger partial charge in [0.05, 0.1) is 13.7 Å². The highest BCUT2D eigenvalue weighted by atomic mass is 16.5. The van der Waals surface area contributed by atoms with E-state index < -0.39 is 6.10 Å². The summed E-state index contributed by atoms with van der Waals surface area (Å²) in [6.07, 6.45) is 2.85. The molecule has 0 aliphatic heterocycles. The molecule has 5 heteroatoms. The van der Waals surface area contributed by atoms with Crippen LogP contribution >= 0.6 is 0 Å². The van der Waals surface area contributed by atoms with E-state index in [1.165, 1.54) is 6.26 Å². The Morgan fingerprint density at radius 1 is 1.33 bits per heavy atom. The minimum atomic E-state index is -0.679. The van der Waals surface area contributed by atoms with E-state index in [2.05, 4.69) is 11.6 Å². The summed E-state index contributed by atoms with van der Waals surface area (Å²) in [5.74, 6) is 1.26. The monoisotopic (exact) mass is 289 g/mol. The number of ether oxygens (including phenoxy) is 2. The fourth-order valence-corrected chi connectivity index (χ4v) is 1.80. The van der Waals surface area contributed by atoms with Crippen molar-refractivity contribution in [2.75, 3.05) is 7.11 Å². The van der Waals surface area contributed by atoms with Gasteiger partial charge >= 0.3 is 0 Å². The Bertz CT molecular complexity index is 562. The Morgan fingerprint density at radius 3 is 2.76 bits per heavy atom. The molecule has 1 aromatic heterocycles. The van der Waals surface area contributed by atoms with Crippen LogP contribution in [0, 0.1) is 0 Å². The van der Waals surface area contributed by atoms with Crippen LogP contribution in [0.25, 0.3) is 0 Å². The third-order valence-electron chi connectivity index (χ3n) is 2.95. The average molecular weight is 289 g/mol. The number of rotatable bonds is 8. The average Bonchev–Trinajstić information content (AvgIpc) is 2.97. The predicted octanol–water partition coefficient (Wildman–Crippen LogP) is 3.01. The van der Waals surface area contributed by atoms with E-state index in [1.807, 2.05) is 24.3 Å². The van der Waals surface area contributed by atoms with Gasteiger partial charge in [-0.2, -0.15) is 0 Å². The standard InChI is InChI=1S/C16H19NO4/c1-3-4-15(18)14-10-21-16(17-14)11-20-9-12-5-7-13(19-2)8-6-12/h3,5-8,10,15,18H,1,4,9,11H2,2H3/t15-/m0/s1. The Hall–Kier alpha value is -2.11. The van der Waals surface area contributed by atoms with Crippen LogP contribution < -0.4 is 4.74 Å². The fourth-order valence-electron chi connectivity index (χ4n) is 1.80. The molecule has 0 unspecified atom stereocenters. The summed E-state index contributed by atoms with van der Waals surface area (Å²) in [7, 11) is 1.63. The van der Waals surface area contributed by atoms with Crippen molar-refractivity contribution in [1.29, 1.82) is 0 Å². The summed E-state index contributed by atoms with van der Waals surface area (Å²) >= 11 is 0. The number of methoxy groups -OCH3 is 1. The first-order valence-corrected chi connectivity index (χ1v) is 6.67. The van der Waals surface area contributed by atoms with Crippen LogP contribution in [-0.2, 0) is 18.0 Å². The normalized spacial score (nSPS) is 12.1. The van der Waals surface area contributed by atoms with E-state index in [0.717, 1.165) is 11.3 Å². The van der Waals surface area contributed by atoms with Crippen molar-refractivity contribution in [3.05, 3.63) is 60.3 Å². The second-order valence-electron chi connectivity index (χ2n) is 4.55. The van der Waals surface area contributed by atoms with Gasteiger partial charge in [-0.1, -0.05) is 18.2 Å². The van der Waals surface area contributed by atoms with E-state index in [0.29, 0.717) is 24.6 Å². The van der Waals surface area contributed by atoms with Gasteiger partial charge in [0.15, 0.2) is 0 Å².